The summed E-state index contributed by atoms with van der Waals surface area (Å²) in [6, 6.07) is 28.2. The van der Waals surface area contributed by atoms with E-state index in [-0.39, 0.29) is 16.3 Å². The first kappa shape index (κ1) is 27.4. The molecule has 0 spiro atoms. The Labute approximate surface area is 241 Å². The SMILES string of the molecule is COc1ccc2nc(-c3ccccc3)cc(C(=O)NN=Cc3ccc(OC(=O)c4ccccc4Cl)c(OC)c3)c2c1. The Hall–Kier alpha value is -5.21. The molecule has 0 saturated carbocycles. The van der Waals surface area contributed by atoms with E-state index in [1.54, 1.807) is 67.8 Å². The van der Waals surface area contributed by atoms with Gasteiger partial charge in [0, 0.05) is 10.9 Å². The van der Waals surface area contributed by atoms with Crippen LogP contribution in [0, 0.1) is 0 Å². The molecule has 0 aliphatic heterocycles. The molecule has 4 aromatic carbocycles. The molecule has 1 aromatic heterocycles. The first-order valence-electron chi connectivity index (χ1n) is 12.5. The van der Waals surface area contributed by atoms with Gasteiger partial charge in [0.15, 0.2) is 11.5 Å². The van der Waals surface area contributed by atoms with Crippen LogP contribution in [0.1, 0.15) is 26.3 Å². The molecule has 5 aromatic rings. The third-order valence-electron chi connectivity index (χ3n) is 6.19. The number of hydrazone groups is 1. The van der Waals surface area contributed by atoms with Crippen molar-refractivity contribution in [1.29, 1.82) is 0 Å². The van der Waals surface area contributed by atoms with Crippen molar-refractivity contribution < 1.29 is 23.8 Å². The minimum absolute atomic E-state index is 0.212. The molecule has 1 amide bonds. The monoisotopic (exact) mass is 565 g/mol. The fraction of sp³-hybridized carbons (Fsp3) is 0.0625. The lowest BCUT2D eigenvalue weighted by molar-refractivity contribution is 0.0729. The van der Waals surface area contributed by atoms with Crippen molar-refractivity contribution in [3.8, 4) is 28.5 Å². The Morgan fingerprint density at radius 2 is 1.61 bits per heavy atom. The third-order valence-corrected chi connectivity index (χ3v) is 6.52. The highest BCUT2D eigenvalue weighted by Crippen LogP contribution is 2.30. The Morgan fingerprint density at radius 1 is 0.829 bits per heavy atom. The van der Waals surface area contributed by atoms with E-state index in [0.717, 1.165) is 5.56 Å². The van der Waals surface area contributed by atoms with Gasteiger partial charge in [-0.25, -0.2) is 15.2 Å². The van der Waals surface area contributed by atoms with Gasteiger partial charge < -0.3 is 14.2 Å². The number of nitrogens with zero attached hydrogens (tertiary/aromatic N) is 2. The Kier molecular flexibility index (Phi) is 8.22. The van der Waals surface area contributed by atoms with Crippen molar-refractivity contribution in [1.82, 2.24) is 10.4 Å². The van der Waals surface area contributed by atoms with Crippen molar-refractivity contribution >= 4 is 40.6 Å². The maximum absolute atomic E-state index is 13.3. The van der Waals surface area contributed by atoms with Crippen molar-refractivity contribution in [3.63, 3.8) is 0 Å². The molecule has 0 aliphatic carbocycles. The average Bonchev–Trinajstić information content (AvgIpc) is 3.01. The molecular formula is C32H24ClN3O5. The van der Waals surface area contributed by atoms with Gasteiger partial charge in [0.1, 0.15) is 5.75 Å². The van der Waals surface area contributed by atoms with E-state index in [4.69, 9.17) is 30.8 Å². The van der Waals surface area contributed by atoms with Crippen LogP contribution in [0.2, 0.25) is 5.02 Å². The van der Waals surface area contributed by atoms with Gasteiger partial charge in [-0.1, -0.05) is 54.1 Å². The number of pyridine rings is 1. The summed E-state index contributed by atoms with van der Waals surface area (Å²) in [5, 5.41) is 5.05. The van der Waals surface area contributed by atoms with Gasteiger partial charge in [0.05, 0.1) is 47.8 Å². The lowest BCUT2D eigenvalue weighted by Gasteiger charge is -2.11. The quantitative estimate of drug-likeness (QED) is 0.0990. The molecule has 204 valence electrons. The smallest absolute Gasteiger partial charge is 0.345 e. The molecule has 8 nitrogen and oxygen atoms in total. The minimum atomic E-state index is -0.612. The second-order valence-electron chi connectivity index (χ2n) is 8.78. The summed E-state index contributed by atoms with van der Waals surface area (Å²) in [5.41, 5.74) is 6.00. The molecule has 1 N–H and O–H groups in total. The number of methoxy groups -OCH3 is 2. The average molecular weight is 566 g/mol. The summed E-state index contributed by atoms with van der Waals surface area (Å²) >= 11 is 6.10. The van der Waals surface area contributed by atoms with E-state index in [2.05, 4.69) is 10.5 Å². The Bertz CT molecular complexity index is 1770. The highest BCUT2D eigenvalue weighted by atomic mass is 35.5. The molecular weight excluding hydrogens is 542 g/mol. The fourth-order valence-electron chi connectivity index (χ4n) is 4.13. The number of halogens is 1. The molecule has 0 aliphatic rings. The zero-order chi connectivity index (χ0) is 28.8. The standard InChI is InChI=1S/C32H24ClN3O5/c1-39-22-13-14-27-24(17-22)25(18-28(35-27)21-8-4-3-5-9-21)31(37)36-34-19-20-12-15-29(30(16-20)40-2)41-32(38)23-10-6-7-11-26(23)33/h3-19H,1-2H3,(H,36,37). The molecule has 1 heterocycles. The summed E-state index contributed by atoms with van der Waals surface area (Å²) in [7, 11) is 3.02. The largest absolute Gasteiger partial charge is 0.497 e. The van der Waals surface area contributed by atoms with Gasteiger partial charge in [-0.3, -0.25) is 4.79 Å². The molecule has 5 rings (SSSR count). The van der Waals surface area contributed by atoms with Gasteiger partial charge in [-0.2, -0.15) is 5.10 Å². The Balaban J connectivity index is 1.37. The van der Waals surface area contributed by atoms with Gasteiger partial charge >= 0.3 is 5.97 Å². The normalized spacial score (nSPS) is 10.9. The van der Waals surface area contributed by atoms with Gasteiger partial charge in [-0.05, 0) is 60.2 Å². The van der Waals surface area contributed by atoms with E-state index in [0.29, 0.717) is 39.2 Å². The predicted molar refractivity (Wildman–Crippen MR) is 158 cm³/mol. The van der Waals surface area contributed by atoms with Crippen molar-refractivity contribution in [3.05, 3.63) is 119 Å². The van der Waals surface area contributed by atoms with Crippen LogP contribution in [-0.4, -0.2) is 37.3 Å². The number of benzene rings is 4. The van der Waals surface area contributed by atoms with Crippen LogP contribution in [0.15, 0.2) is 102 Å². The second kappa shape index (κ2) is 12.3. The summed E-state index contributed by atoms with van der Waals surface area (Å²) in [6.45, 7) is 0. The molecule has 0 unspecified atom stereocenters. The molecule has 41 heavy (non-hydrogen) atoms. The van der Waals surface area contributed by atoms with Crippen LogP contribution in [-0.2, 0) is 0 Å². The van der Waals surface area contributed by atoms with Gasteiger partial charge in [-0.15, -0.1) is 0 Å². The second-order valence-corrected chi connectivity index (χ2v) is 9.19. The molecule has 9 heteroatoms. The number of carbonyl (C=O) groups excluding carboxylic acids is 2. The first-order chi connectivity index (χ1) is 20.0. The first-order valence-corrected chi connectivity index (χ1v) is 12.9. The van der Waals surface area contributed by atoms with Crippen LogP contribution in [0.4, 0.5) is 0 Å². The zero-order valence-electron chi connectivity index (χ0n) is 22.1. The lowest BCUT2D eigenvalue weighted by atomic mass is 10.0. The van der Waals surface area contributed by atoms with E-state index in [1.165, 1.54) is 13.3 Å². The number of amides is 1. The van der Waals surface area contributed by atoms with Gasteiger partial charge in [0.2, 0.25) is 0 Å². The summed E-state index contributed by atoms with van der Waals surface area (Å²) < 4.78 is 16.2. The number of esters is 1. The van der Waals surface area contributed by atoms with Crippen LogP contribution >= 0.6 is 11.6 Å². The molecule has 0 radical (unpaired) electrons. The number of aromatic nitrogens is 1. The van der Waals surface area contributed by atoms with Crippen LogP contribution in [0.25, 0.3) is 22.2 Å². The third kappa shape index (κ3) is 6.18. The molecule has 0 fully saturated rings. The van der Waals surface area contributed by atoms with Crippen molar-refractivity contribution in [2.75, 3.05) is 14.2 Å². The maximum atomic E-state index is 13.3. The summed E-state index contributed by atoms with van der Waals surface area (Å²) in [6.07, 6.45) is 1.46. The number of rotatable bonds is 8. The van der Waals surface area contributed by atoms with Crippen LogP contribution < -0.4 is 19.6 Å². The number of hydrogen-bond donors (Lipinski definition) is 1. The topological polar surface area (TPSA) is 99.1 Å². The van der Waals surface area contributed by atoms with Gasteiger partial charge in [0.25, 0.3) is 5.91 Å². The fourth-order valence-corrected chi connectivity index (χ4v) is 4.35. The number of carbonyl (C=O) groups is 2. The highest BCUT2D eigenvalue weighted by Gasteiger charge is 2.16. The van der Waals surface area contributed by atoms with E-state index >= 15 is 0 Å². The lowest BCUT2D eigenvalue weighted by Crippen LogP contribution is -2.18. The number of fused-ring (bicyclic) bond motifs is 1. The molecule has 0 saturated heterocycles. The maximum Gasteiger partial charge on any atom is 0.345 e. The van der Waals surface area contributed by atoms with Crippen LogP contribution in [0.5, 0.6) is 17.2 Å². The van der Waals surface area contributed by atoms with Crippen molar-refractivity contribution in [2.24, 2.45) is 5.10 Å². The predicted octanol–water partition coefficient (Wildman–Crippen LogP) is 6.56. The number of nitrogens with one attached hydrogen (secondary N) is 1. The highest BCUT2D eigenvalue weighted by molar-refractivity contribution is 6.33. The van der Waals surface area contributed by atoms with E-state index in [9.17, 15) is 9.59 Å². The zero-order valence-corrected chi connectivity index (χ0v) is 22.9. The minimum Gasteiger partial charge on any atom is -0.497 e. The van der Waals surface area contributed by atoms with Crippen molar-refractivity contribution in [2.45, 2.75) is 0 Å². The van der Waals surface area contributed by atoms with E-state index < -0.39 is 11.9 Å². The molecule has 0 bridgehead atoms. The Morgan fingerprint density at radius 3 is 2.37 bits per heavy atom. The summed E-state index contributed by atoms with van der Waals surface area (Å²) in [4.78, 5) is 30.6. The number of hydrogen-bond acceptors (Lipinski definition) is 7. The molecule has 0 atom stereocenters. The number of ether oxygens (including phenoxy) is 3. The summed E-state index contributed by atoms with van der Waals surface area (Å²) in [5.74, 6) is 0.0892. The van der Waals surface area contributed by atoms with E-state index in [1.807, 2.05) is 36.4 Å². The van der Waals surface area contributed by atoms with Crippen LogP contribution in [0.3, 0.4) is 0 Å².